The van der Waals surface area contributed by atoms with Crippen molar-refractivity contribution < 1.29 is 9.53 Å². The fourth-order valence-electron chi connectivity index (χ4n) is 2.26. The van der Waals surface area contributed by atoms with Crippen LogP contribution in [0.25, 0.3) is 0 Å². The van der Waals surface area contributed by atoms with Gasteiger partial charge >= 0.3 is 0 Å². The Morgan fingerprint density at radius 2 is 2.29 bits per heavy atom. The summed E-state index contributed by atoms with van der Waals surface area (Å²) in [5, 5.41) is 0. The van der Waals surface area contributed by atoms with Gasteiger partial charge in [0.25, 0.3) is 0 Å². The highest BCUT2D eigenvalue weighted by atomic mass is 16.5. The van der Waals surface area contributed by atoms with Crippen LogP contribution in [0.5, 0.6) is 0 Å². The number of rotatable bonds is 2. The predicted molar refractivity (Wildman–Crippen MR) is 52.7 cm³/mol. The van der Waals surface area contributed by atoms with Crippen molar-refractivity contribution in [2.24, 2.45) is 11.7 Å². The second-order valence-corrected chi connectivity index (χ2v) is 4.22. The third-order valence-electron chi connectivity index (χ3n) is 3.15. The zero-order chi connectivity index (χ0) is 10.1. The fourth-order valence-corrected chi connectivity index (χ4v) is 2.26. The van der Waals surface area contributed by atoms with Crippen molar-refractivity contribution in [3.8, 4) is 0 Å². The van der Waals surface area contributed by atoms with Gasteiger partial charge in [0.2, 0.25) is 5.91 Å². The van der Waals surface area contributed by atoms with Gasteiger partial charge in [-0.05, 0) is 12.8 Å². The lowest BCUT2D eigenvalue weighted by atomic mass is 9.96. The summed E-state index contributed by atoms with van der Waals surface area (Å²) in [6.45, 7) is 4.25. The zero-order valence-electron chi connectivity index (χ0n) is 8.61. The smallest absolute Gasteiger partial charge is 0.228 e. The molecule has 0 aliphatic carbocycles. The molecule has 2 heterocycles. The first-order chi connectivity index (χ1) is 6.72. The van der Waals surface area contributed by atoms with E-state index in [1.807, 2.05) is 4.90 Å². The van der Waals surface area contributed by atoms with Gasteiger partial charge in [0, 0.05) is 25.7 Å². The zero-order valence-corrected chi connectivity index (χ0v) is 8.61. The quantitative estimate of drug-likeness (QED) is 0.678. The van der Waals surface area contributed by atoms with Crippen LogP contribution >= 0.6 is 0 Å². The van der Waals surface area contributed by atoms with E-state index in [-0.39, 0.29) is 24.0 Å². The Balaban J connectivity index is 1.90. The maximum absolute atomic E-state index is 11.9. The summed E-state index contributed by atoms with van der Waals surface area (Å²) >= 11 is 0. The van der Waals surface area contributed by atoms with E-state index in [1.165, 1.54) is 0 Å². The lowest BCUT2D eigenvalue weighted by Gasteiger charge is -2.39. The Morgan fingerprint density at radius 1 is 1.57 bits per heavy atom. The standard InChI is InChI=1S/C10H18N2O2/c1-2-9-8(3-4-14-9)10(13)12-5-7(11)6-12/h7-9H,2-6,11H2,1H3. The summed E-state index contributed by atoms with van der Waals surface area (Å²) in [6.07, 6.45) is 1.94. The first-order valence-electron chi connectivity index (χ1n) is 5.38. The van der Waals surface area contributed by atoms with Gasteiger partial charge < -0.3 is 15.4 Å². The highest BCUT2D eigenvalue weighted by Gasteiger charge is 2.38. The van der Waals surface area contributed by atoms with Gasteiger partial charge in [-0.1, -0.05) is 6.92 Å². The van der Waals surface area contributed by atoms with E-state index < -0.39 is 0 Å². The molecule has 0 aromatic carbocycles. The van der Waals surface area contributed by atoms with Crippen LogP contribution in [0.4, 0.5) is 0 Å². The Kier molecular flexibility index (Phi) is 2.74. The van der Waals surface area contributed by atoms with Crippen molar-refractivity contribution in [1.29, 1.82) is 0 Å². The SMILES string of the molecule is CCC1OCCC1C(=O)N1CC(N)C1. The second kappa shape index (κ2) is 3.87. The van der Waals surface area contributed by atoms with Crippen molar-refractivity contribution >= 4 is 5.91 Å². The Morgan fingerprint density at radius 3 is 2.86 bits per heavy atom. The molecular weight excluding hydrogens is 180 g/mol. The van der Waals surface area contributed by atoms with Gasteiger partial charge in [0.1, 0.15) is 0 Å². The topological polar surface area (TPSA) is 55.6 Å². The molecule has 2 unspecified atom stereocenters. The maximum atomic E-state index is 11.9. The molecule has 0 bridgehead atoms. The van der Waals surface area contributed by atoms with Gasteiger partial charge in [0.15, 0.2) is 0 Å². The van der Waals surface area contributed by atoms with E-state index in [4.69, 9.17) is 10.5 Å². The molecule has 2 atom stereocenters. The average molecular weight is 198 g/mol. The molecule has 0 aromatic heterocycles. The highest BCUT2D eigenvalue weighted by Crippen LogP contribution is 2.26. The van der Waals surface area contributed by atoms with Crippen LogP contribution in [0.15, 0.2) is 0 Å². The Labute approximate surface area is 84.4 Å². The van der Waals surface area contributed by atoms with Crippen LogP contribution < -0.4 is 5.73 Å². The largest absolute Gasteiger partial charge is 0.377 e. The van der Waals surface area contributed by atoms with Crippen molar-refractivity contribution in [3.63, 3.8) is 0 Å². The molecule has 14 heavy (non-hydrogen) atoms. The second-order valence-electron chi connectivity index (χ2n) is 4.22. The summed E-state index contributed by atoms with van der Waals surface area (Å²) in [7, 11) is 0. The van der Waals surface area contributed by atoms with Crippen molar-refractivity contribution in [2.75, 3.05) is 19.7 Å². The Hall–Kier alpha value is -0.610. The molecule has 80 valence electrons. The first-order valence-corrected chi connectivity index (χ1v) is 5.38. The van der Waals surface area contributed by atoms with Crippen molar-refractivity contribution in [2.45, 2.75) is 31.9 Å². The molecule has 2 saturated heterocycles. The molecule has 2 aliphatic rings. The minimum Gasteiger partial charge on any atom is -0.377 e. The van der Waals surface area contributed by atoms with E-state index in [0.29, 0.717) is 0 Å². The average Bonchev–Trinajstić information content (AvgIpc) is 2.59. The van der Waals surface area contributed by atoms with Crippen LogP contribution in [0.2, 0.25) is 0 Å². The molecular formula is C10H18N2O2. The van der Waals surface area contributed by atoms with Gasteiger partial charge in [-0.15, -0.1) is 0 Å². The first kappa shape index (κ1) is 9.93. The third kappa shape index (κ3) is 1.64. The molecule has 1 amide bonds. The number of nitrogens with zero attached hydrogens (tertiary/aromatic N) is 1. The number of carbonyl (C=O) groups excluding carboxylic acids is 1. The molecule has 2 rings (SSSR count). The van der Waals surface area contributed by atoms with Crippen molar-refractivity contribution in [3.05, 3.63) is 0 Å². The van der Waals surface area contributed by atoms with Crippen LogP contribution in [0.1, 0.15) is 19.8 Å². The van der Waals surface area contributed by atoms with Crippen LogP contribution in [0.3, 0.4) is 0 Å². The number of amides is 1. The number of hydrogen-bond donors (Lipinski definition) is 1. The van der Waals surface area contributed by atoms with Crippen LogP contribution in [0, 0.1) is 5.92 Å². The van der Waals surface area contributed by atoms with Crippen LogP contribution in [-0.2, 0) is 9.53 Å². The molecule has 0 radical (unpaired) electrons. The molecule has 4 nitrogen and oxygen atoms in total. The number of hydrogen-bond acceptors (Lipinski definition) is 3. The van der Waals surface area contributed by atoms with E-state index in [1.54, 1.807) is 0 Å². The number of nitrogens with two attached hydrogens (primary N) is 1. The predicted octanol–water partition coefficient (Wildman–Crippen LogP) is -0.0290. The molecule has 2 aliphatic heterocycles. The molecule has 4 heteroatoms. The summed E-state index contributed by atoms with van der Waals surface area (Å²) in [4.78, 5) is 13.8. The molecule has 0 aromatic rings. The summed E-state index contributed by atoms with van der Waals surface area (Å²) in [5.41, 5.74) is 5.65. The lowest BCUT2D eigenvalue weighted by Crippen LogP contribution is -2.59. The van der Waals surface area contributed by atoms with E-state index in [0.717, 1.165) is 32.5 Å². The van der Waals surface area contributed by atoms with Crippen molar-refractivity contribution in [1.82, 2.24) is 4.90 Å². The number of carbonyl (C=O) groups is 1. The lowest BCUT2D eigenvalue weighted by molar-refractivity contribution is -0.141. The summed E-state index contributed by atoms with van der Waals surface area (Å²) in [6, 6.07) is 0.196. The molecule has 2 fully saturated rings. The number of ether oxygens (including phenoxy) is 1. The molecule has 2 N–H and O–H groups in total. The maximum Gasteiger partial charge on any atom is 0.228 e. The highest BCUT2D eigenvalue weighted by molar-refractivity contribution is 5.80. The molecule has 0 spiro atoms. The van der Waals surface area contributed by atoms with E-state index >= 15 is 0 Å². The normalized spacial score (nSPS) is 33.1. The van der Waals surface area contributed by atoms with Crippen LogP contribution in [-0.4, -0.2) is 42.6 Å². The number of likely N-dealkylation sites (tertiary alicyclic amines) is 1. The van der Waals surface area contributed by atoms with Gasteiger partial charge in [-0.25, -0.2) is 0 Å². The fraction of sp³-hybridized carbons (Fsp3) is 0.900. The van der Waals surface area contributed by atoms with Gasteiger partial charge in [-0.2, -0.15) is 0 Å². The Bertz CT molecular complexity index is 226. The van der Waals surface area contributed by atoms with E-state index in [2.05, 4.69) is 6.92 Å². The summed E-state index contributed by atoms with van der Waals surface area (Å²) in [5.74, 6) is 0.337. The van der Waals surface area contributed by atoms with Gasteiger partial charge in [-0.3, -0.25) is 4.79 Å². The molecule has 0 saturated carbocycles. The minimum atomic E-state index is 0.0903. The third-order valence-corrected chi connectivity index (χ3v) is 3.15. The van der Waals surface area contributed by atoms with Gasteiger partial charge in [0.05, 0.1) is 12.0 Å². The van der Waals surface area contributed by atoms with E-state index in [9.17, 15) is 4.79 Å². The minimum absolute atomic E-state index is 0.0903. The summed E-state index contributed by atoms with van der Waals surface area (Å²) < 4.78 is 5.50. The monoisotopic (exact) mass is 198 g/mol.